The summed E-state index contributed by atoms with van der Waals surface area (Å²) >= 11 is 0. The Morgan fingerprint density at radius 2 is 1.79 bits per heavy atom. The first-order chi connectivity index (χ1) is 9.10. The Hall–Kier alpha value is -1.26. The van der Waals surface area contributed by atoms with Crippen LogP contribution in [0.2, 0.25) is 0 Å². The number of aliphatic carboxylic acids is 1. The van der Waals surface area contributed by atoms with E-state index in [1.807, 2.05) is 6.92 Å². The number of carbonyl (C=O) groups excluding carboxylic acids is 1. The SMILES string of the molecule is CCC(CNC(=O)NC(C1CC1)C1CC1)CC(=O)O. The molecule has 2 saturated carbocycles. The van der Waals surface area contributed by atoms with Gasteiger partial charge in [0, 0.05) is 19.0 Å². The van der Waals surface area contributed by atoms with Crippen molar-refractivity contribution in [2.75, 3.05) is 6.54 Å². The van der Waals surface area contributed by atoms with Gasteiger partial charge in [0.2, 0.25) is 0 Å². The first-order valence-electron chi connectivity index (χ1n) is 7.36. The molecule has 0 heterocycles. The Bertz CT molecular complexity index is 326. The molecular formula is C14H24N2O3. The number of carbonyl (C=O) groups is 2. The Kier molecular flexibility index (Phi) is 4.66. The molecule has 2 fully saturated rings. The molecular weight excluding hydrogens is 244 g/mol. The molecule has 2 aliphatic carbocycles. The van der Waals surface area contributed by atoms with Gasteiger partial charge in [-0.3, -0.25) is 4.79 Å². The van der Waals surface area contributed by atoms with E-state index in [0.29, 0.717) is 24.4 Å². The maximum Gasteiger partial charge on any atom is 0.315 e. The normalized spacial score (nSPS) is 20.1. The first-order valence-corrected chi connectivity index (χ1v) is 7.36. The molecule has 0 bridgehead atoms. The fourth-order valence-corrected chi connectivity index (χ4v) is 2.58. The maximum atomic E-state index is 11.9. The van der Waals surface area contributed by atoms with E-state index in [1.165, 1.54) is 25.7 Å². The van der Waals surface area contributed by atoms with E-state index in [9.17, 15) is 9.59 Å². The van der Waals surface area contributed by atoms with Crippen LogP contribution in [0.3, 0.4) is 0 Å². The number of carboxylic acids is 1. The van der Waals surface area contributed by atoms with Gasteiger partial charge in [-0.1, -0.05) is 13.3 Å². The van der Waals surface area contributed by atoms with Crippen molar-refractivity contribution in [3.63, 3.8) is 0 Å². The summed E-state index contributed by atoms with van der Waals surface area (Å²) in [6.07, 6.45) is 5.82. The van der Waals surface area contributed by atoms with Gasteiger partial charge in [-0.15, -0.1) is 0 Å². The van der Waals surface area contributed by atoms with E-state index in [4.69, 9.17) is 5.11 Å². The fourth-order valence-electron chi connectivity index (χ4n) is 2.58. The van der Waals surface area contributed by atoms with Gasteiger partial charge < -0.3 is 15.7 Å². The zero-order valence-corrected chi connectivity index (χ0v) is 11.5. The Labute approximate surface area is 114 Å². The van der Waals surface area contributed by atoms with Gasteiger partial charge in [-0.05, 0) is 43.4 Å². The third-order valence-corrected chi connectivity index (χ3v) is 4.15. The predicted octanol–water partition coefficient (Wildman–Crippen LogP) is 1.98. The standard InChI is InChI=1S/C14H24N2O3/c1-2-9(7-12(17)18)8-15-14(19)16-13(10-3-4-10)11-5-6-11/h9-11,13H,2-8H2,1H3,(H,17,18)(H2,15,16,19). The van der Waals surface area contributed by atoms with Crippen LogP contribution in [0.15, 0.2) is 0 Å². The van der Waals surface area contributed by atoms with E-state index in [-0.39, 0.29) is 18.4 Å². The fraction of sp³-hybridized carbons (Fsp3) is 0.857. The molecule has 0 radical (unpaired) electrons. The van der Waals surface area contributed by atoms with Crippen LogP contribution < -0.4 is 10.6 Å². The molecule has 2 rings (SSSR count). The van der Waals surface area contributed by atoms with Crippen LogP contribution in [0.25, 0.3) is 0 Å². The second kappa shape index (κ2) is 6.26. The monoisotopic (exact) mass is 268 g/mol. The smallest absolute Gasteiger partial charge is 0.315 e. The molecule has 1 atom stereocenters. The lowest BCUT2D eigenvalue weighted by Gasteiger charge is -2.19. The summed E-state index contributed by atoms with van der Waals surface area (Å²) in [4.78, 5) is 22.5. The van der Waals surface area contributed by atoms with E-state index >= 15 is 0 Å². The average Bonchev–Trinajstić information content (AvgIpc) is 3.23. The van der Waals surface area contributed by atoms with E-state index in [0.717, 1.165) is 6.42 Å². The van der Waals surface area contributed by atoms with Gasteiger partial charge >= 0.3 is 12.0 Å². The highest BCUT2D eigenvalue weighted by Gasteiger charge is 2.42. The largest absolute Gasteiger partial charge is 0.481 e. The van der Waals surface area contributed by atoms with E-state index in [1.54, 1.807) is 0 Å². The summed E-state index contributed by atoms with van der Waals surface area (Å²) in [5.41, 5.74) is 0. The van der Waals surface area contributed by atoms with Crippen LogP contribution in [0, 0.1) is 17.8 Å². The Morgan fingerprint density at radius 1 is 1.21 bits per heavy atom. The molecule has 19 heavy (non-hydrogen) atoms. The molecule has 108 valence electrons. The Balaban J connectivity index is 1.69. The molecule has 0 saturated heterocycles. The highest BCUT2D eigenvalue weighted by atomic mass is 16.4. The number of urea groups is 1. The van der Waals surface area contributed by atoms with Crippen molar-refractivity contribution in [1.82, 2.24) is 10.6 Å². The van der Waals surface area contributed by atoms with Crippen molar-refractivity contribution in [2.45, 2.75) is 51.5 Å². The zero-order valence-electron chi connectivity index (χ0n) is 11.5. The van der Waals surface area contributed by atoms with E-state index in [2.05, 4.69) is 10.6 Å². The predicted molar refractivity (Wildman–Crippen MR) is 71.8 cm³/mol. The highest BCUT2D eigenvalue weighted by molar-refractivity contribution is 5.74. The molecule has 0 aliphatic heterocycles. The van der Waals surface area contributed by atoms with Crippen molar-refractivity contribution in [3.8, 4) is 0 Å². The lowest BCUT2D eigenvalue weighted by atomic mass is 10.0. The molecule has 5 nitrogen and oxygen atoms in total. The minimum atomic E-state index is -0.803. The topological polar surface area (TPSA) is 78.4 Å². The molecule has 5 heteroatoms. The second-order valence-electron chi connectivity index (χ2n) is 5.93. The van der Waals surface area contributed by atoms with E-state index < -0.39 is 5.97 Å². The van der Waals surface area contributed by atoms with Crippen LogP contribution in [-0.4, -0.2) is 29.7 Å². The summed E-state index contributed by atoms with van der Waals surface area (Å²) in [7, 11) is 0. The van der Waals surface area contributed by atoms with Crippen molar-refractivity contribution < 1.29 is 14.7 Å². The number of carboxylic acid groups (broad SMARTS) is 1. The summed E-state index contributed by atoms with van der Waals surface area (Å²) in [5, 5.41) is 14.7. The van der Waals surface area contributed by atoms with Gasteiger partial charge in [0.15, 0.2) is 0 Å². The average molecular weight is 268 g/mol. The zero-order chi connectivity index (χ0) is 13.8. The van der Waals surface area contributed by atoms with Gasteiger partial charge in [0.25, 0.3) is 0 Å². The quantitative estimate of drug-likeness (QED) is 0.630. The van der Waals surface area contributed by atoms with Gasteiger partial charge in [-0.25, -0.2) is 4.79 Å². The Morgan fingerprint density at radius 3 is 2.21 bits per heavy atom. The number of nitrogens with one attached hydrogen (secondary N) is 2. The number of hydrogen-bond acceptors (Lipinski definition) is 2. The minimum Gasteiger partial charge on any atom is -0.481 e. The lowest BCUT2D eigenvalue weighted by Crippen LogP contribution is -2.45. The third kappa shape index (κ3) is 4.73. The molecule has 2 amide bonds. The van der Waals surface area contributed by atoms with Gasteiger partial charge in [0.1, 0.15) is 0 Å². The summed E-state index contributed by atoms with van der Waals surface area (Å²) in [5.74, 6) is 0.574. The second-order valence-corrected chi connectivity index (χ2v) is 5.93. The van der Waals surface area contributed by atoms with Crippen molar-refractivity contribution in [1.29, 1.82) is 0 Å². The summed E-state index contributed by atoms with van der Waals surface area (Å²) < 4.78 is 0. The van der Waals surface area contributed by atoms with Crippen LogP contribution in [0.1, 0.15) is 45.4 Å². The highest BCUT2D eigenvalue weighted by Crippen LogP contribution is 2.44. The van der Waals surface area contributed by atoms with Gasteiger partial charge in [0.05, 0.1) is 0 Å². The number of rotatable bonds is 8. The van der Waals surface area contributed by atoms with Crippen LogP contribution in [0.5, 0.6) is 0 Å². The molecule has 2 aliphatic rings. The van der Waals surface area contributed by atoms with Crippen molar-refractivity contribution in [3.05, 3.63) is 0 Å². The summed E-state index contributed by atoms with van der Waals surface area (Å²) in [6, 6.07) is 0.215. The maximum absolute atomic E-state index is 11.9. The number of amides is 2. The van der Waals surface area contributed by atoms with Crippen LogP contribution in [-0.2, 0) is 4.79 Å². The van der Waals surface area contributed by atoms with Crippen LogP contribution in [0.4, 0.5) is 4.79 Å². The minimum absolute atomic E-state index is 0.0172. The molecule has 0 spiro atoms. The first kappa shape index (κ1) is 14.2. The van der Waals surface area contributed by atoms with Crippen molar-refractivity contribution in [2.24, 2.45) is 17.8 Å². The molecule has 0 aromatic heterocycles. The van der Waals surface area contributed by atoms with Gasteiger partial charge in [-0.2, -0.15) is 0 Å². The third-order valence-electron chi connectivity index (χ3n) is 4.15. The molecule has 0 aromatic carbocycles. The van der Waals surface area contributed by atoms with Crippen molar-refractivity contribution >= 4 is 12.0 Å². The molecule has 0 aromatic rings. The number of hydrogen-bond donors (Lipinski definition) is 3. The molecule has 3 N–H and O–H groups in total. The summed E-state index contributed by atoms with van der Waals surface area (Å²) in [6.45, 7) is 2.39. The van der Waals surface area contributed by atoms with Crippen LogP contribution >= 0.6 is 0 Å². The molecule has 1 unspecified atom stereocenters. The lowest BCUT2D eigenvalue weighted by molar-refractivity contribution is -0.138.